The standard InChI is InChI=1S/C17H19N5OS2/c1-3-4-14-20-21-17(24)22(14)9-15(23)19-16-18-13(10-25-16)12-7-5-11(2)6-8-12/h5-8,10H,3-4,9H2,1-2H3,(H,21,24)(H,18,19,23). The Bertz CT molecular complexity index is 923. The van der Waals surface area contributed by atoms with Gasteiger partial charge in [0.15, 0.2) is 9.90 Å². The van der Waals surface area contributed by atoms with Gasteiger partial charge in [-0.25, -0.2) is 4.98 Å². The number of rotatable bonds is 6. The van der Waals surface area contributed by atoms with Crippen LogP contribution in [-0.4, -0.2) is 25.7 Å². The fourth-order valence-corrected chi connectivity index (χ4v) is 3.37. The van der Waals surface area contributed by atoms with E-state index in [2.05, 4.69) is 27.4 Å². The number of nitrogens with one attached hydrogen (secondary N) is 2. The molecule has 0 saturated carbocycles. The van der Waals surface area contributed by atoms with Crippen molar-refractivity contribution in [2.75, 3.05) is 5.32 Å². The van der Waals surface area contributed by atoms with Crippen LogP contribution in [0.4, 0.5) is 5.13 Å². The molecule has 0 aliphatic carbocycles. The van der Waals surface area contributed by atoms with Gasteiger partial charge >= 0.3 is 0 Å². The summed E-state index contributed by atoms with van der Waals surface area (Å²) in [5, 5.41) is 12.3. The summed E-state index contributed by atoms with van der Waals surface area (Å²) in [4.78, 5) is 16.8. The first-order valence-corrected chi connectivity index (χ1v) is 9.32. The van der Waals surface area contributed by atoms with Gasteiger partial charge in [-0.3, -0.25) is 14.5 Å². The Morgan fingerprint density at radius 3 is 2.84 bits per heavy atom. The van der Waals surface area contributed by atoms with E-state index in [0.717, 1.165) is 29.9 Å². The minimum Gasteiger partial charge on any atom is -0.300 e. The van der Waals surface area contributed by atoms with Crippen molar-refractivity contribution in [2.24, 2.45) is 0 Å². The Hall–Kier alpha value is -2.32. The second kappa shape index (κ2) is 7.71. The third kappa shape index (κ3) is 4.21. The molecule has 6 nitrogen and oxygen atoms in total. The Kier molecular flexibility index (Phi) is 5.40. The summed E-state index contributed by atoms with van der Waals surface area (Å²) in [7, 11) is 0. The molecular formula is C17H19N5OS2. The molecular weight excluding hydrogens is 354 g/mol. The van der Waals surface area contributed by atoms with Crippen LogP contribution in [-0.2, 0) is 17.8 Å². The first kappa shape index (κ1) is 17.5. The zero-order chi connectivity index (χ0) is 17.8. The molecule has 0 radical (unpaired) electrons. The van der Waals surface area contributed by atoms with Crippen molar-refractivity contribution in [2.45, 2.75) is 33.2 Å². The quantitative estimate of drug-likeness (QED) is 0.641. The highest BCUT2D eigenvalue weighted by Crippen LogP contribution is 2.25. The van der Waals surface area contributed by atoms with E-state index >= 15 is 0 Å². The number of aryl methyl sites for hydroxylation is 2. The first-order valence-electron chi connectivity index (χ1n) is 8.03. The lowest BCUT2D eigenvalue weighted by molar-refractivity contribution is -0.116. The molecule has 2 heterocycles. The van der Waals surface area contributed by atoms with Crippen LogP contribution in [0, 0.1) is 11.7 Å². The van der Waals surface area contributed by atoms with E-state index in [1.807, 2.05) is 36.6 Å². The number of anilines is 1. The molecule has 2 N–H and O–H groups in total. The minimum absolute atomic E-state index is 0.129. The van der Waals surface area contributed by atoms with Crippen molar-refractivity contribution in [3.8, 4) is 11.3 Å². The summed E-state index contributed by atoms with van der Waals surface area (Å²) in [6, 6.07) is 8.14. The number of carbonyl (C=O) groups excluding carboxylic acids is 1. The summed E-state index contributed by atoms with van der Waals surface area (Å²) < 4.78 is 2.18. The molecule has 0 bridgehead atoms. The number of benzene rings is 1. The Morgan fingerprint density at radius 2 is 2.12 bits per heavy atom. The summed E-state index contributed by atoms with van der Waals surface area (Å²) >= 11 is 6.61. The maximum Gasteiger partial charge on any atom is 0.246 e. The van der Waals surface area contributed by atoms with Crippen molar-refractivity contribution in [1.29, 1.82) is 0 Å². The van der Waals surface area contributed by atoms with E-state index in [9.17, 15) is 4.79 Å². The van der Waals surface area contributed by atoms with Gasteiger partial charge in [0.2, 0.25) is 5.91 Å². The molecule has 0 fully saturated rings. The molecule has 0 unspecified atom stereocenters. The third-order valence-electron chi connectivity index (χ3n) is 3.71. The lowest BCUT2D eigenvalue weighted by Gasteiger charge is -2.05. The zero-order valence-electron chi connectivity index (χ0n) is 14.1. The maximum atomic E-state index is 12.3. The van der Waals surface area contributed by atoms with Gasteiger partial charge in [0.1, 0.15) is 12.4 Å². The van der Waals surface area contributed by atoms with Crippen molar-refractivity contribution in [3.05, 3.63) is 45.8 Å². The smallest absolute Gasteiger partial charge is 0.246 e. The third-order valence-corrected chi connectivity index (χ3v) is 4.78. The number of hydrogen-bond donors (Lipinski definition) is 2. The van der Waals surface area contributed by atoms with Crippen LogP contribution < -0.4 is 5.32 Å². The number of carbonyl (C=O) groups is 1. The van der Waals surface area contributed by atoms with Crippen LogP contribution in [0.5, 0.6) is 0 Å². The molecule has 0 aliphatic rings. The number of thiazole rings is 1. The molecule has 1 aromatic carbocycles. The Balaban J connectivity index is 1.69. The molecule has 1 amide bonds. The van der Waals surface area contributed by atoms with Crippen molar-refractivity contribution >= 4 is 34.6 Å². The van der Waals surface area contributed by atoms with Crippen LogP contribution in [0.2, 0.25) is 0 Å². The lowest BCUT2D eigenvalue weighted by Crippen LogP contribution is -2.20. The number of amides is 1. The highest BCUT2D eigenvalue weighted by molar-refractivity contribution is 7.71. The fraction of sp³-hybridized carbons (Fsp3) is 0.294. The van der Waals surface area contributed by atoms with Gasteiger partial charge in [0, 0.05) is 17.4 Å². The number of hydrogen-bond acceptors (Lipinski definition) is 5. The SMILES string of the molecule is CCCc1n[nH]c(=S)n1CC(=O)Nc1nc(-c2ccc(C)cc2)cs1. The average molecular weight is 374 g/mol. The van der Waals surface area contributed by atoms with Gasteiger partial charge in [-0.2, -0.15) is 5.10 Å². The van der Waals surface area contributed by atoms with Gasteiger partial charge in [0.05, 0.1) is 5.69 Å². The Labute approximate surface area is 154 Å². The highest BCUT2D eigenvalue weighted by Gasteiger charge is 2.12. The van der Waals surface area contributed by atoms with Crippen molar-refractivity contribution in [3.63, 3.8) is 0 Å². The van der Waals surface area contributed by atoms with E-state index in [0.29, 0.717) is 9.90 Å². The molecule has 130 valence electrons. The topological polar surface area (TPSA) is 75.6 Å². The molecule has 3 aromatic rings. The zero-order valence-corrected chi connectivity index (χ0v) is 15.7. The van der Waals surface area contributed by atoms with Crippen LogP contribution in [0.1, 0.15) is 24.7 Å². The van der Waals surface area contributed by atoms with E-state index in [4.69, 9.17) is 12.2 Å². The van der Waals surface area contributed by atoms with Gasteiger partial charge < -0.3 is 5.32 Å². The van der Waals surface area contributed by atoms with Crippen LogP contribution >= 0.6 is 23.6 Å². The van der Waals surface area contributed by atoms with Gasteiger partial charge in [-0.15, -0.1) is 11.3 Å². The summed E-state index contributed by atoms with van der Waals surface area (Å²) in [5.41, 5.74) is 3.09. The second-order valence-electron chi connectivity index (χ2n) is 5.73. The van der Waals surface area contributed by atoms with Crippen LogP contribution in [0.25, 0.3) is 11.3 Å². The predicted molar refractivity (Wildman–Crippen MR) is 102 cm³/mol. The molecule has 2 aromatic heterocycles. The number of aromatic nitrogens is 4. The predicted octanol–water partition coefficient (Wildman–Crippen LogP) is 3.96. The van der Waals surface area contributed by atoms with E-state index < -0.39 is 0 Å². The molecule has 0 atom stereocenters. The Morgan fingerprint density at radius 1 is 1.36 bits per heavy atom. The summed E-state index contributed by atoms with van der Waals surface area (Å²) in [6.07, 6.45) is 1.71. The van der Waals surface area contributed by atoms with Crippen molar-refractivity contribution in [1.82, 2.24) is 19.7 Å². The van der Waals surface area contributed by atoms with Crippen LogP contribution in [0.15, 0.2) is 29.6 Å². The fourth-order valence-electron chi connectivity index (χ4n) is 2.42. The first-order chi connectivity index (χ1) is 12.1. The van der Waals surface area contributed by atoms with E-state index in [1.165, 1.54) is 16.9 Å². The molecule has 0 aliphatic heterocycles. The molecule has 3 rings (SSSR count). The van der Waals surface area contributed by atoms with E-state index in [-0.39, 0.29) is 12.5 Å². The summed E-state index contributed by atoms with van der Waals surface area (Å²) in [6.45, 7) is 4.23. The minimum atomic E-state index is -0.167. The summed E-state index contributed by atoms with van der Waals surface area (Å²) in [5.74, 6) is 0.627. The van der Waals surface area contributed by atoms with Crippen molar-refractivity contribution < 1.29 is 4.79 Å². The highest BCUT2D eigenvalue weighted by atomic mass is 32.1. The molecule has 25 heavy (non-hydrogen) atoms. The van der Waals surface area contributed by atoms with Crippen LogP contribution in [0.3, 0.4) is 0 Å². The average Bonchev–Trinajstić information content (AvgIpc) is 3.18. The molecule has 8 heteroatoms. The monoisotopic (exact) mass is 373 g/mol. The lowest BCUT2D eigenvalue weighted by atomic mass is 10.1. The van der Waals surface area contributed by atoms with Gasteiger partial charge in [-0.05, 0) is 25.6 Å². The van der Waals surface area contributed by atoms with E-state index in [1.54, 1.807) is 4.57 Å². The largest absolute Gasteiger partial charge is 0.300 e. The molecule has 0 saturated heterocycles. The number of H-pyrrole nitrogens is 1. The van der Waals surface area contributed by atoms with Gasteiger partial charge in [-0.1, -0.05) is 36.8 Å². The number of nitrogens with zero attached hydrogens (tertiary/aromatic N) is 3. The number of aromatic amines is 1. The van der Waals surface area contributed by atoms with Gasteiger partial charge in [0.25, 0.3) is 0 Å². The maximum absolute atomic E-state index is 12.3. The normalized spacial score (nSPS) is 10.8. The molecule has 0 spiro atoms. The second-order valence-corrected chi connectivity index (χ2v) is 6.98.